The largest absolute Gasteiger partial charge is 0.497 e. The first kappa shape index (κ1) is 19.6. The molecule has 4 rings (SSSR count). The van der Waals surface area contributed by atoms with Crippen LogP contribution in [0.4, 0.5) is 5.69 Å². The maximum absolute atomic E-state index is 13.8. The lowest BCUT2D eigenvalue weighted by Crippen LogP contribution is -2.36. The second-order valence-electron chi connectivity index (χ2n) is 6.74. The molecule has 1 atom stereocenters. The fourth-order valence-corrected chi connectivity index (χ4v) is 5.74. The monoisotopic (exact) mass is 429 g/mol. The van der Waals surface area contributed by atoms with Crippen LogP contribution in [0.2, 0.25) is 5.02 Å². The van der Waals surface area contributed by atoms with Crippen LogP contribution >= 0.6 is 11.6 Å². The van der Waals surface area contributed by atoms with Gasteiger partial charge in [-0.3, -0.25) is 4.31 Å². The van der Waals surface area contributed by atoms with Crippen molar-refractivity contribution in [2.45, 2.75) is 17.9 Å². The lowest BCUT2D eigenvalue weighted by atomic mass is 9.90. The van der Waals surface area contributed by atoms with Crippen LogP contribution in [-0.2, 0) is 10.0 Å². The van der Waals surface area contributed by atoms with Crippen molar-refractivity contribution in [1.82, 2.24) is 0 Å². The molecule has 0 bridgehead atoms. The lowest BCUT2D eigenvalue weighted by molar-refractivity contribution is 0.386. The van der Waals surface area contributed by atoms with Gasteiger partial charge in [-0.1, -0.05) is 41.9 Å². The minimum Gasteiger partial charge on any atom is -0.497 e. The number of sulfonamides is 1. The molecule has 0 aliphatic carbocycles. The Morgan fingerprint density at radius 3 is 2.41 bits per heavy atom. The Morgan fingerprint density at radius 1 is 0.931 bits per heavy atom. The van der Waals surface area contributed by atoms with Gasteiger partial charge in [-0.25, -0.2) is 8.42 Å². The van der Waals surface area contributed by atoms with Crippen molar-refractivity contribution >= 4 is 27.3 Å². The van der Waals surface area contributed by atoms with Gasteiger partial charge in [0.15, 0.2) is 0 Å². The molecule has 29 heavy (non-hydrogen) atoms. The highest BCUT2D eigenvalue weighted by Crippen LogP contribution is 2.48. The Bertz CT molecular complexity index is 1190. The summed E-state index contributed by atoms with van der Waals surface area (Å²) in [6.45, 7) is 1.87. The van der Waals surface area contributed by atoms with Gasteiger partial charge in [0.2, 0.25) is 0 Å². The first-order chi connectivity index (χ1) is 13.9. The van der Waals surface area contributed by atoms with Gasteiger partial charge in [0.25, 0.3) is 10.0 Å². The van der Waals surface area contributed by atoms with Crippen LogP contribution in [0, 0.1) is 0 Å². The molecule has 3 aromatic rings. The number of halogens is 1. The molecule has 0 fully saturated rings. The van der Waals surface area contributed by atoms with Crippen molar-refractivity contribution in [3.63, 3.8) is 0 Å². The molecule has 5 nitrogen and oxygen atoms in total. The third-order valence-electron chi connectivity index (χ3n) is 5.16. The first-order valence-corrected chi connectivity index (χ1v) is 10.9. The molecule has 0 N–H and O–H groups in total. The van der Waals surface area contributed by atoms with Crippen LogP contribution in [0.1, 0.15) is 18.5 Å². The smallest absolute Gasteiger partial charge is 0.268 e. The molecule has 0 saturated carbocycles. The topological polar surface area (TPSA) is 55.8 Å². The van der Waals surface area contributed by atoms with Crippen LogP contribution in [0.3, 0.4) is 0 Å². The number of ether oxygens (including phenoxy) is 2. The summed E-state index contributed by atoms with van der Waals surface area (Å²) in [6, 6.07) is 17.4. The van der Waals surface area contributed by atoms with Crippen LogP contribution in [-0.4, -0.2) is 22.6 Å². The van der Waals surface area contributed by atoms with E-state index in [1.807, 2.05) is 37.3 Å². The predicted molar refractivity (Wildman–Crippen MR) is 115 cm³/mol. The molecular formula is C22H20ClNO4S. The number of rotatable bonds is 4. The summed E-state index contributed by atoms with van der Waals surface area (Å²) >= 11 is 6.25. The van der Waals surface area contributed by atoms with E-state index in [1.165, 1.54) is 24.6 Å². The standard InChI is InChI=1S/C22H20ClNO4S/c1-14-17-6-4-5-7-18(17)19-10-8-15(23)12-20(19)24(14)29(25,26)22-11-9-16(27-2)13-21(22)28-3/h4-14H,1-3H3. The van der Waals surface area contributed by atoms with Crippen molar-refractivity contribution in [3.8, 4) is 22.6 Å². The minimum absolute atomic E-state index is 0.0676. The zero-order valence-electron chi connectivity index (χ0n) is 16.2. The minimum atomic E-state index is -3.96. The Labute approximate surface area is 175 Å². The maximum atomic E-state index is 13.8. The van der Waals surface area contributed by atoms with Crippen LogP contribution in [0.5, 0.6) is 11.5 Å². The quantitative estimate of drug-likeness (QED) is 0.565. The molecule has 1 heterocycles. The highest BCUT2D eigenvalue weighted by atomic mass is 35.5. The van der Waals surface area contributed by atoms with E-state index >= 15 is 0 Å². The fraction of sp³-hybridized carbons (Fsp3) is 0.182. The average Bonchev–Trinajstić information content (AvgIpc) is 2.73. The number of anilines is 1. The summed E-state index contributed by atoms with van der Waals surface area (Å²) in [6.07, 6.45) is 0. The molecule has 0 saturated heterocycles. The van der Waals surface area contributed by atoms with Crippen molar-refractivity contribution in [2.75, 3.05) is 18.5 Å². The van der Waals surface area contributed by atoms with Crippen LogP contribution < -0.4 is 13.8 Å². The Morgan fingerprint density at radius 2 is 1.69 bits per heavy atom. The number of hydrogen-bond donors (Lipinski definition) is 0. The Hall–Kier alpha value is -2.70. The van der Waals surface area contributed by atoms with Gasteiger partial charge in [-0.05, 0) is 42.3 Å². The molecule has 1 unspecified atom stereocenters. The Kier molecular flexibility index (Phi) is 4.92. The summed E-state index contributed by atoms with van der Waals surface area (Å²) in [7, 11) is -1.00. The van der Waals surface area contributed by atoms with Crippen molar-refractivity contribution in [3.05, 3.63) is 71.2 Å². The highest BCUT2D eigenvalue weighted by molar-refractivity contribution is 7.93. The zero-order valence-corrected chi connectivity index (χ0v) is 17.8. The highest BCUT2D eigenvalue weighted by Gasteiger charge is 2.38. The number of fused-ring (bicyclic) bond motifs is 3. The number of nitrogens with zero attached hydrogens (tertiary/aromatic N) is 1. The molecule has 1 aliphatic rings. The van der Waals surface area contributed by atoms with E-state index in [1.54, 1.807) is 24.3 Å². The van der Waals surface area contributed by atoms with E-state index in [-0.39, 0.29) is 10.6 Å². The summed E-state index contributed by atoms with van der Waals surface area (Å²) < 4.78 is 39.6. The van der Waals surface area contributed by atoms with Crippen molar-refractivity contribution in [2.24, 2.45) is 0 Å². The molecule has 0 spiro atoms. The molecule has 150 valence electrons. The van der Waals surface area contributed by atoms with Gasteiger partial charge in [0.1, 0.15) is 16.4 Å². The van der Waals surface area contributed by atoms with Gasteiger partial charge >= 0.3 is 0 Å². The van der Waals surface area contributed by atoms with Gasteiger partial charge < -0.3 is 9.47 Å². The molecule has 0 aromatic heterocycles. The molecular weight excluding hydrogens is 410 g/mol. The zero-order chi connectivity index (χ0) is 20.8. The van der Waals surface area contributed by atoms with Gasteiger partial charge in [0.05, 0.1) is 25.9 Å². The molecule has 0 amide bonds. The van der Waals surface area contributed by atoms with E-state index in [9.17, 15) is 8.42 Å². The Balaban J connectivity index is 1.97. The molecule has 3 aromatic carbocycles. The molecule has 1 aliphatic heterocycles. The second-order valence-corrected chi connectivity index (χ2v) is 8.96. The number of methoxy groups -OCH3 is 2. The molecule has 0 radical (unpaired) electrons. The molecule has 7 heteroatoms. The maximum Gasteiger partial charge on any atom is 0.268 e. The van der Waals surface area contributed by atoms with E-state index in [0.717, 1.165) is 16.7 Å². The van der Waals surface area contributed by atoms with Gasteiger partial charge in [0, 0.05) is 16.7 Å². The van der Waals surface area contributed by atoms with Gasteiger partial charge in [-0.2, -0.15) is 0 Å². The lowest BCUT2D eigenvalue weighted by Gasteiger charge is -2.37. The first-order valence-electron chi connectivity index (χ1n) is 9.04. The van der Waals surface area contributed by atoms with Crippen LogP contribution in [0.25, 0.3) is 11.1 Å². The van der Waals surface area contributed by atoms with E-state index in [2.05, 4.69) is 0 Å². The van der Waals surface area contributed by atoms with E-state index in [0.29, 0.717) is 16.5 Å². The third kappa shape index (κ3) is 3.12. The second kappa shape index (κ2) is 7.28. The number of benzene rings is 3. The summed E-state index contributed by atoms with van der Waals surface area (Å²) in [4.78, 5) is 0.0676. The van der Waals surface area contributed by atoms with E-state index in [4.69, 9.17) is 21.1 Å². The fourth-order valence-electron chi connectivity index (χ4n) is 3.79. The van der Waals surface area contributed by atoms with Crippen molar-refractivity contribution < 1.29 is 17.9 Å². The van der Waals surface area contributed by atoms with Crippen molar-refractivity contribution in [1.29, 1.82) is 0 Å². The van der Waals surface area contributed by atoms with E-state index < -0.39 is 16.1 Å². The normalized spacial score (nSPS) is 15.4. The third-order valence-corrected chi connectivity index (χ3v) is 7.32. The number of hydrogen-bond acceptors (Lipinski definition) is 4. The average molecular weight is 430 g/mol. The summed E-state index contributed by atoms with van der Waals surface area (Å²) in [5.74, 6) is 0.736. The predicted octanol–water partition coefficient (Wildman–Crippen LogP) is 5.29. The summed E-state index contributed by atoms with van der Waals surface area (Å²) in [5, 5.41) is 0.470. The van der Waals surface area contributed by atoms with Crippen LogP contribution in [0.15, 0.2) is 65.6 Å². The SMILES string of the molecule is COc1ccc(S(=O)(=O)N2c3cc(Cl)ccc3-c3ccccc3C2C)c(OC)c1. The summed E-state index contributed by atoms with van der Waals surface area (Å²) in [5.41, 5.74) is 3.29. The van der Waals surface area contributed by atoms with Gasteiger partial charge in [-0.15, -0.1) is 0 Å².